The molecule has 0 bridgehead atoms. The molecule has 0 spiro atoms. The van der Waals surface area contributed by atoms with Crippen molar-refractivity contribution in [1.29, 1.82) is 0 Å². The van der Waals surface area contributed by atoms with E-state index in [1.807, 2.05) is 11.3 Å². The third-order valence-electron chi connectivity index (χ3n) is 9.65. The number of fused-ring (bicyclic) bond motifs is 5. The molecule has 0 fully saturated rings. The van der Waals surface area contributed by atoms with E-state index in [0.29, 0.717) is 0 Å². The fourth-order valence-corrected chi connectivity index (χ4v) is 8.57. The van der Waals surface area contributed by atoms with Gasteiger partial charge in [-0.2, -0.15) is 0 Å². The molecule has 0 radical (unpaired) electrons. The second-order valence-corrected chi connectivity index (χ2v) is 13.4. The van der Waals surface area contributed by atoms with Crippen LogP contribution in [0.4, 0.5) is 0 Å². The van der Waals surface area contributed by atoms with Crippen molar-refractivity contribution in [3.05, 3.63) is 169 Å². The van der Waals surface area contributed by atoms with Crippen LogP contribution < -0.4 is 0 Å². The van der Waals surface area contributed by atoms with Crippen molar-refractivity contribution in [3.8, 4) is 44.5 Å². The van der Waals surface area contributed by atoms with E-state index in [-0.39, 0.29) is 0 Å². The molecule has 9 aromatic rings. The minimum Gasteiger partial charge on any atom is -0.135 e. The molecule has 47 heavy (non-hydrogen) atoms. The van der Waals surface area contributed by atoms with Crippen LogP contribution in [0.15, 0.2) is 164 Å². The van der Waals surface area contributed by atoms with Crippen molar-refractivity contribution in [3.63, 3.8) is 0 Å². The summed E-state index contributed by atoms with van der Waals surface area (Å²) in [4.78, 5) is 0. The van der Waals surface area contributed by atoms with Gasteiger partial charge in [0.2, 0.25) is 0 Å². The number of benzene rings is 8. The van der Waals surface area contributed by atoms with Crippen molar-refractivity contribution >= 4 is 53.1 Å². The van der Waals surface area contributed by atoms with Crippen LogP contribution in [0.2, 0.25) is 0 Å². The van der Waals surface area contributed by atoms with Crippen LogP contribution in [-0.4, -0.2) is 0 Å². The van der Waals surface area contributed by atoms with E-state index in [9.17, 15) is 0 Å². The maximum absolute atomic E-state index is 2.43. The Morgan fingerprint density at radius 3 is 1.72 bits per heavy atom. The Hall–Kier alpha value is -5.50. The highest BCUT2D eigenvalue weighted by molar-refractivity contribution is 7.26. The smallest absolute Gasteiger partial charge is 0.0433 e. The summed E-state index contributed by atoms with van der Waals surface area (Å²) >= 11 is 1.89. The molecule has 0 aliphatic rings. The van der Waals surface area contributed by atoms with Gasteiger partial charge in [0.15, 0.2) is 0 Å². The van der Waals surface area contributed by atoms with E-state index in [2.05, 4.69) is 171 Å². The molecule has 8 aromatic carbocycles. The molecule has 0 N–H and O–H groups in total. The largest absolute Gasteiger partial charge is 0.135 e. The first-order chi connectivity index (χ1) is 23.3. The first-order valence-corrected chi connectivity index (χ1v) is 17.2. The molecule has 1 heteroatoms. The average Bonchev–Trinajstić information content (AvgIpc) is 3.53. The highest BCUT2D eigenvalue weighted by Crippen LogP contribution is 2.45. The van der Waals surface area contributed by atoms with Gasteiger partial charge in [0.25, 0.3) is 0 Å². The molecule has 0 amide bonds. The standard InChI is InChI=1S/C46H32S/c1-2-30-22-24-32(25-23-30)45-39-18-7-6-17-38(39)44(31-12-4-3-5-13-31)40-27-26-34(29-42(40)45)33-14-10-15-35(28-33)36-19-11-20-41-37-16-8-9-21-43(37)47-46(36)41/h3-29H,2H2,1H3. The lowest BCUT2D eigenvalue weighted by Gasteiger charge is -2.19. The molecule has 0 atom stereocenters. The van der Waals surface area contributed by atoms with Crippen LogP contribution in [-0.2, 0) is 6.42 Å². The molecule has 1 heterocycles. The molecule has 0 unspecified atom stereocenters. The van der Waals surface area contributed by atoms with Crippen LogP contribution in [0, 0.1) is 0 Å². The Kier molecular flexibility index (Phi) is 6.73. The highest BCUT2D eigenvalue weighted by Gasteiger charge is 2.18. The van der Waals surface area contributed by atoms with Crippen LogP contribution in [0.3, 0.4) is 0 Å². The van der Waals surface area contributed by atoms with Gasteiger partial charge in [0.05, 0.1) is 0 Å². The van der Waals surface area contributed by atoms with E-state index in [4.69, 9.17) is 0 Å². The lowest BCUT2D eigenvalue weighted by molar-refractivity contribution is 1.14. The summed E-state index contributed by atoms with van der Waals surface area (Å²) < 4.78 is 2.68. The Bertz CT molecular complexity index is 2590. The Morgan fingerprint density at radius 2 is 0.936 bits per heavy atom. The van der Waals surface area contributed by atoms with Crippen molar-refractivity contribution in [1.82, 2.24) is 0 Å². The van der Waals surface area contributed by atoms with Crippen LogP contribution in [0.25, 0.3) is 86.2 Å². The molecule has 1 aromatic heterocycles. The van der Waals surface area contributed by atoms with E-state index < -0.39 is 0 Å². The summed E-state index contributed by atoms with van der Waals surface area (Å²) in [5.41, 5.74) is 11.4. The molecular formula is C46H32S. The van der Waals surface area contributed by atoms with Crippen LogP contribution >= 0.6 is 11.3 Å². The lowest BCUT2D eigenvalue weighted by Crippen LogP contribution is -1.92. The molecule has 0 aliphatic carbocycles. The number of hydrogen-bond donors (Lipinski definition) is 0. The molecule has 0 saturated heterocycles. The predicted molar refractivity (Wildman–Crippen MR) is 205 cm³/mol. The molecule has 0 nitrogen and oxygen atoms in total. The summed E-state index contributed by atoms with van der Waals surface area (Å²) in [6.07, 6.45) is 1.03. The zero-order valence-corrected chi connectivity index (χ0v) is 27.0. The van der Waals surface area contributed by atoms with Crippen LogP contribution in [0.1, 0.15) is 12.5 Å². The normalized spacial score (nSPS) is 11.6. The lowest BCUT2D eigenvalue weighted by atomic mass is 9.84. The van der Waals surface area contributed by atoms with Gasteiger partial charge in [-0.1, -0.05) is 153 Å². The van der Waals surface area contributed by atoms with Crippen LogP contribution in [0.5, 0.6) is 0 Å². The minimum absolute atomic E-state index is 1.03. The van der Waals surface area contributed by atoms with Crippen molar-refractivity contribution in [2.45, 2.75) is 13.3 Å². The van der Waals surface area contributed by atoms with E-state index >= 15 is 0 Å². The maximum Gasteiger partial charge on any atom is 0.0433 e. The SMILES string of the molecule is CCc1ccc(-c2c3ccccc3c(-c3ccccc3)c3ccc(-c4cccc(-c5cccc6c5sc5ccccc56)c4)cc23)cc1. The van der Waals surface area contributed by atoms with Gasteiger partial charge in [0.1, 0.15) is 0 Å². The van der Waals surface area contributed by atoms with Gasteiger partial charge in [-0.25, -0.2) is 0 Å². The third kappa shape index (κ3) is 4.66. The Morgan fingerprint density at radius 1 is 0.383 bits per heavy atom. The van der Waals surface area contributed by atoms with Gasteiger partial charge in [-0.3, -0.25) is 0 Å². The quantitative estimate of drug-likeness (QED) is 0.169. The number of rotatable bonds is 5. The zero-order chi connectivity index (χ0) is 31.3. The summed E-state index contributed by atoms with van der Waals surface area (Å²) in [7, 11) is 0. The Balaban J connectivity index is 1.29. The molecule has 222 valence electrons. The first-order valence-electron chi connectivity index (χ1n) is 16.4. The summed E-state index contributed by atoms with van der Waals surface area (Å²) in [5.74, 6) is 0. The van der Waals surface area contributed by atoms with Gasteiger partial charge in [-0.05, 0) is 96.2 Å². The minimum atomic E-state index is 1.03. The number of hydrogen-bond acceptors (Lipinski definition) is 1. The van der Waals surface area contributed by atoms with Gasteiger partial charge < -0.3 is 0 Å². The van der Waals surface area contributed by atoms with Gasteiger partial charge >= 0.3 is 0 Å². The maximum atomic E-state index is 2.43. The van der Waals surface area contributed by atoms with Crippen molar-refractivity contribution in [2.24, 2.45) is 0 Å². The second kappa shape index (κ2) is 11.4. The molecule has 0 aliphatic heterocycles. The number of aryl methyl sites for hydroxylation is 1. The van der Waals surface area contributed by atoms with E-state index in [0.717, 1.165) is 6.42 Å². The molecule has 0 saturated carbocycles. The van der Waals surface area contributed by atoms with E-state index in [1.165, 1.54) is 91.8 Å². The fraction of sp³-hybridized carbons (Fsp3) is 0.0435. The third-order valence-corrected chi connectivity index (χ3v) is 10.9. The summed E-state index contributed by atoms with van der Waals surface area (Å²) in [6.45, 7) is 2.22. The summed E-state index contributed by atoms with van der Waals surface area (Å²) in [6, 6.07) is 60.6. The topological polar surface area (TPSA) is 0 Å². The summed E-state index contributed by atoms with van der Waals surface area (Å²) in [5, 5.41) is 7.79. The monoisotopic (exact) mass is 616 g/mol. The van der Waals surface area contributed by atoms with Crippen molar-refractivity contribution in [2.75, 3.05) is 0 Å². The zero-order valence-electron chi connectivity index (χ0n) is 26.2. The first kappa shape index (κ1) is 27.8. The number of thiophene rings is 1. The predicted octanol–water partition coefficient (Wildman–Crippen LogP) is 13.6. The Labute approximate surface area is 279 Å². The average molecular weight is 617 g/mol. The van der Waals surface area contributed by atoms with Crippen molar-refractivity contribution < 1.29 is 0 Å². The second-order valence-electron chi connectivity index (χ2n) is 12.3. The van der Waals surface area contributed by atoms with E-state index in [1.54, 1.807) is 0 Å². The highest BCUT2D eigenvalue weighted by atomic mass is 32.1. The molecular weight excluding hydrogens is 585 g/mol. The fourth-order valence-electron chi connectivity index (χ4n) is 7.33. The molecule has 9 rings (SSSR count). The van der Waals surface area contributed by atoms with Gasteiger partial charge in [-0.15, -0.1) is 11.3 Å². The van der Waals surface area contributed by atoms with Gasteiger partial charge in [0, 0.05) is 20.2 Å².